The Bertz CT molecular complexity index is 539. The van der Waals surface area contributed by atoms with Crippen LogP contribution in [0.25, 0.3) is 0 Å². The van der Waals surface area contributed by atoms with Crippen molar-refractivity contribution in [1.29, 1.82) is 0 Å². The molecule has 0 saturated heterocycles. The number of halogens is 1. The summed E-state index contributed by atoms with van der Waals surface area (Å²) in [5, 5.41) is 9.74. The van der Waals surface area contributed by atoms with Crippen LogP contribution in [-0.2, 0) is 11.3 Å². The summed E-state index contributed by atoms with van der Waals surface area (Å²) in [5.41, 5.74) is 1.98. The number of rotatable bonds is 7. The Hall–Kier alpha value is -1.31. The number of guanidine groups is 1. The number of hydrogen-bond donors (Lipinski definition) is 3. The molecule has 140 valence electrons. The molecule has 5 nitrogen and oxygen atoms in total. The van der Waals surface area contributed by atoms with Crippen molar-refractivity contribution in [3.63, 3.8) is 0 Å². The zero-order valence-electron chi connectivity index (χ0n) is 15.3. The predicted octanol–water partition coefficient (Wildman–Crippen LogP) is 4.04. The quantitative estimate of drug-likeness (QED) is 0.328. The Kier molecular flexibility index (Phi) is 10.5. The third-order valence-corrected chi connectivity index (χ3v) is 4.17. The van der Waals surface area contributed by atoms with E-state index in [9.17, 15) is 4.79 Å². The fraction of sp³-hybridized carbons (Fsp3) is 0.579. The number of nitrogens with zero attached hydrogens (tertiary/aromatic N) is 1. The molecule has 1 saturated carbocycles. The molecule has 1 aliphatic carbocycles. The molecule has 0 atom stereocenters. The van der Waals surface area contributed by atoms with Crippen LogP contribution in [0, 0.1) is 0 Å². The first kappa shape index (κ1) is 21.7. The highest BCUT2D eigenvalue weighted by molar-refractivity contribution is 14.0. The van der Waals surface area contributed by atoms with Crippen molar-refractivity contribution in [3.8, 4) is 0 Å². The van der Waals surface area contributed by atoms with Crippen LogP contribution < -0.4 is 16.0 Å². The van der Waals surface area contributed by atoms with Gasteiger partial charge >= 0.3 is 0 Å². The number of carbonyl (C=O) groups excluding carboxylic acids is 1. The lowest BCUT2D eigenvalue weighted by molar-refractivity contribution is -0.116. The summed E-state index contributed by atoms with van der Waals surface area (Å²) < 4.78 is 0. The highest BCUT2D eigenvalue weighted by atomic mass is 127. The highest BCUT2D eigenvalue weighted by Crippen LogP contribution is 2.17. The largest absolute Gasteiger partial charge is 0.357 e. The molecule has 1 aliphatic rings. The minimum absolute atomic E-state index is 0. The van der Waals surface area contributed by atoms with Crippen LogP contribution in [0.2, 0.25) is 0 Å². The van der Waals surface area contributed by atoms with E-state index < -0.39 is 0 Å². The molecule has 3 N–H and O–H groups in total. The molecular weight excluding hydrogens is 427 g/mol. The van der Waals surface area contributed by atoms with E-state index in [0.29, 0.717) is 19.0 Å². The summed E-state index contributed by atoms with van der Waals surface area (Å²) in [5.74, 6) is 0.961. The van der Waals surface area contributed by atoms with E-state index in [1.807, 2.05) is 31.2 Å². The van der Waals surface area contributed by atoms with Gasteiger partial charge in [0, 0.05) is 24.7 Å². The molecule has 1 aromatic rings. The third kappa shape index (κ3) is 8.07. The second-order valence-electron chi connectivity index (χ2n) is 6.32. The normalized spacial score (nSPS) is 14.7. The van der Waals surface area contributed by atoms with Gasteiger partial charge < -0.3 is 16.0 Å². The van der Waals surface area contributed by atoms with Crippen molar-refractivity contribution in [3.05, 3.63) is 29.8 Å². The predicted molar refractivity (Wildman–Crippen MR) is 116 cm³/mol. The molecule has 1 aromatic carbocycles. The van der Waals surface area contributed by atoms with Crippen molar-refractivity contribution in [1.82, 2.24) is 10.6 Å². The molecule has 1 fully saturated rings. The first-order valence-electron chi connectivity index (χ1n) is 9.15. The van der Waals surface area contributed by atoms with Crippen LogP contribution in [0.1, 0.15) is 57.9 Å². The second-order valence-corrected chi connectivity index (χ2v) is 6.32. The van der Waals surface area contributed by atoms with Gasteiger partial charge in [-0.3, -0.25) is 4.79 Å². The summed E-state index contributed by atoms with van der Waals surface area (Å²) >= 11 is 0. The lowest BCUT2D eigenvalue weighted by atomic mass is 10.2. The fourth-order valence-electron chi connectivity index (χ4n) is 2.90. The molecular formula is C19H31IN4O. The Balaban J connectivity index is 0.00000312. The van der Waals surface area contributed by atoms with Crippen LogP contribution in [0.15, 0.2) is 29.3 Å². The van der Waals surface area contributed by atoms with E-state index in [1.165, 1.54) is 25.7 Å². The van der Waals surface area contributed by atoms with Gasteiger partial charge in [0.05, 0.1) is 6.54 Å². The molecule has 0 spiro atoms. The van der Waals surface area contributed by atoms with E-state index in [4.69, 9.17) is 0 Å². The van der Waals surface area contributed by atoms with Crippen LogP contribution in [0.4, 0.5) is 5.69 Å². The number of nitrogens with one attached hydrogen (secondary N) is 3. The number of benzene rings is 1. The van der Waals surface area contributed by atoms with E-state index in [1.54, 1.807) is 0 Å². The van der Waals surface area contributed by atoms with Crippen molar-refractivity contribution >= 4 is 41.5 Å². The minimum Gasteiger partial charge on any atom is -0.357 e. The molecule has 2 rings (SSSR count). The van der Waals surface area contributed by atoms with Crippen molar-refractivity contribution in [2.24, 2.45) is 4.99 Å². The third-order valence-electron chi connectivity index (χ3n) is 4.17. The first-order valence-corrected chi connectivity index (χ1v) is 9.15. The maximum atomic E-state index is 11.6. The summed E-state index contributed by atoms with van der Waals surface area (Å²) in [7, 11) is 0. The van der Waals surface area contributed by atoms with Crippen molar-refractivity contribution in [2.75, 3.05) is 11.9 Å². The Morgan fingerprint density at radius 2 is 1.84 bits per heavy atom. The number of carbonyl (C=O) groups is 1. The van der Waals surface area contributed by atoms with Gasteiger partial charge in [0.15, 0.2) is 5.96 Å². The number of anilines is 1. The Morgan fingerprint density at radius 1 is 1.16 bits per heavy atom. The molecule has 0 heterocycles. The van der Waals surface area contributed by atoms with E-state index in [0.717, 1.165) is 30.2 Å². The van der Waals surface area contributed by atoms with E-state index in [-0.39, 0.29) is 29.9 Å². The van der Waals surface area contributed by atoms with Crippen molar-refractivity contribution in [2.45, 2.75) is 65.0 Å². The number of amides is 1. The standard InChI is InChI=1S/C19H30N4O.HI/c1-3-7-18(24)22-17-12-10-15(11-13-17)14-21-19(20-4-2)23-16-8-5-6-9-16;/h10-13,16H,3-9,14H2,1-2H3,(H,22,24)(H2,20,21,23);1H. The monoisotopic (exact) mass is 458 g/mol. The Labute approximate surface area is 168 Å². The zero-order valence-corrected chi connectivity index (χ0v) is 17.6. The van der Waals surface area contributed by atoms with Crippen LogP contribution in [0.5, 0.6) is 0 Å². The maximum Gasteiger partial charge on any atom is 0.224 e. The van der Waals surface area contributed by atoms with Crippen LogP contribution in [0.3, 0.4) is 0 Å². The van der Waals surface area contributed by atoms with Gasteiger partial charge in [-0.15, -0.1) is 24.0 Å². The molecule has 0 aromatic heterocycles. The molecule has 1 amide bonds. The van der Waals surface area contributed by atoms with Crippen LogP contribution >= 0.6 is 24.0 Å². The lowest BCUT2D eigenvalue weighted by Crippen LogP contribution is -2.42. The molecule has 0 unspecified atom stereocenters. The van der Waals surface area contributed by atoms with Gasteiger partial charge in [-0.1, -0.05) is 31.9 Å². The molecule has 25 heavy (non-hydrogen) atoms. The van der Waals surface area contributed by atoms with Gasteiger partial charge in [0.2, 0.25) is 5.91 Å². The molecule has 0 bridgehead atoms. The number of aliphatic imine (C=N–C) groups is 1. The summed E-state index contributed by atoms with van der Waals surface area (Å²) in [6.45, 7) is 5.58. The van der Waals surface area contributed by atoms with E-state index in [2.05, 4.69) is 27.9 Å². The zero-order chi connectivity index (χ0) is 17.2. The molecule has 0 aliphatic heterocycles. The lowest BCUT2D eigenvalue weighted by Gasteiger charge is -2.16. The van der Waals surface area contributed by atoms with Gasteiger partial charge in [-0.2, -0.15) is 0 Å². The maximum absolute atomic E-state index is 11.6. The minimum atomic E-state index is 0. The number of hydrogen-bond acceptors (Lipinski definition) is 2. The van der Waals surface area contributed by atoms with Gasteiger partial charge in [-0.25, -0.2) is 4.99 Å². The SMILES string of the molecule is CCCC(=O)Nc1ccc(CN=C(NCC)NC2CCCC2)cc1.I. The first-order chi connectivity index (χ1) is 11.7. The smallest absolute Gasteiger partial charge is 0.224 e. The van der Waals surface area contributed by atoms with Gasteiger partial charge in [0.25, 0.3) is 0 Å². The summed E-state index contributed by atoms with van der Waals surface area (Å²) in [4.78, 5) is 16.3. The topological polar surface area (TPSA) is 65.5 Å². The fourth-order valence-corrected chi connectivity index (χ4v) is 2.90. The summed E-state index contributed by atoms with van der Waals surface area (Å²) in [6.07, 6.45) is 6.50. The Morgan fingerprint density at radius 3 is 2.44 bits per heavy atom. The van der Waals surface area contributed by atoms with E-state index >= 15 is 0 Å². The molecule has 6 heteroatoms. The average Bonchev–Trinajstić information content (AvgIpc) is 3.07. The highest BCUT2D eigenvalue weighted by Gasteiger charge is 2.15. The van der Waals surface area contributed by atoms with Crippen molar-refractivity contribution < 1.29 is 4.79 Å². The van der Waals surface area contributed by atoms with Gasteiger partial charge in [-0.05, 0) is 43.9 Å². The van der Waals surface area contributed by atoms with Crippen LogP contribution in [-0.4, -0.2) is 24.5 Å². The molecule has 0 radical (unpaired) electrons. The average molecular weight is 458 g/mol. The summed E-state index contributed by atoms with van der Waals surface area (Å²) in [6, 6.07) is 8.47. The van der Waals surface area contributed by atoms with Gasteiger partial charge in [0.1, 0.15) is 0 Å². The second kappa shape index (κ2) is 12.1.